The number of rotatable bonds is 10. The van der Waals surface area contributed by atoms with Crippen molar-refractivity contribution in [2.45, 2.75) is 32.7 Å². The molecule has 0 bridgehead atoms. The van der Waals surface area contributed by atoms with E-state index in [1.165, 1.54) is 27.6 Å². The van der Waals surface area contributed by atoms with Crippen LogP contribution in [-0.2, 0) is 24.2 Å². The summed E-state index contributed by atoms with van der Waals surface area (Å²) in [5.41, 5.74) is 6.04. The molecule has 176 valence electrons. The van der Waals surface area contributed by atoms with Crippen LogP contribution in [0.15, 0.2) is 72.9 Å². The number of fused-ring (bicyclic) bond motifs is 1. The lowest BCUT2D eigenvalue weighted by Crippen LogP contribution is -2.26. The molecule has 1 N–H and O–H groups in total. The van der Waals surface area contributed by atoms with E-state index in [4.69, 9.17) is 9.47 Å². The lowest BCUT2D eigenvalue weighted by Gasteiger charge is -2.11. The normalized spacial score (nSPS) is 10.9. The highest BCUT2D eigenvalue weighted by atomic mass is 16.5. The second-order valence-electron chi connectivity index (χ2n) is 8.50. The molecule has 0 spiro atoms. The number of nitrogens with one attached hydrogen (secondary N) is 1. The Morgan fingerprint density at radius 3 is 2.47 bits per heavy atom. The summed E-state index contributed by atoms with van der Waals surface area (Å²) in [5.74, 6) is 1.59. The molecule has 1 amide bonds. The number of aromatic nitrogens is 1. The van der Waals surface area contributed by atoms with Gasteiger partial charge in [0.25, 0.3) is 0 Å². The van der Waals surface area contributed by atoms with Crippen LogP contribution in [0.5, 0.6) is 11.5 Å². The van der Waals surface area contributed by atoms with E-state index in [9.17, 15) is 4.79 Å². The van der Waals surface area contributed by atoms with Gasteiger partial charge in [0.15, 0.2) is 0 Å². The topological polar surface area (TPSA) is 52.5 Å². The molecule has 0 saturated carbocycles. The number of nitrogens with zero attached hydrogens (tertiary/aromatic N) is 1. The fourth-order valence-corrected chi connectivity index (χ4v) is 4.36. The first-order chi connectivity index (χ1) is 16.6. The van der Waals surface area contributed by atoms with Crippen molar-refractivity contribution in [1.82, 2.24) is 9.88 Å². The minimum Gasteiger partial charge on any atom is -0.497 e. The van der Waals surface area contributed by atoms with Crippen molar-refractivity contribution >= 4 is 16.8 Å². The average Bonchev–Trinajstić information content (AvgIpc) is 3.21. The summed E-state index contributed by atoms with van der Waals surface area (Å²) >= 11 is 0. The summed E-state index contributed by atoms with van der Waals surface area (Å²) in [5, 5.41) is 4.27. The van der Waals surface area contributed by atoms with Gasteiger partial charge < -0.3 is 19.4 Å². The average molecular weight is 457 g/mol. The van der Waals surface area contributed by atoms with Crippen LogP contribution in [0.2, 0.25) is 0 Å². The predicted molar refractivity (Wildman–Crippen MR) is 137 cm³/mol. The number of carbonyl (C=O) groups excluding carboxylic acids is 1. The molecule has 1 heterocycles. The van der Waals surface area contributed by atoms with Gasteiger partial charge in [-0.1, -0.05) is 48.5 Å². The van der Waals surface area contributed by atoms with Crippen molar-refractivity contribution < 1.29 is 14.3 Å². The standard InChI is InChI=1S/C29H32N2O3/c1-21-8-4-5-9-23(21)19-31-20-24(26-10-6-7-11-27(26)31)13-15-29(32)30-17-16-22-12-14-25(33-2)18-28(22)34-3/h4-12,14,18,20H,13,15-17,19H2,1-3H3,(H,30,32). The first-order valence-electron chi connectivity index (χ1n) is 11.7. The Morgan fingerprint density at radius 2 is 1.68 bits per heavy atom. The SMILES string of the molecule is COc1ccc(CCNC(=O)CCc2cn(Cc3ccccc3C)c3ccccc23)c(OC)c1. The lowest BCUT2D eigenvalue weighted by molar-refractivity contribution is -0.121. The number of ether oxygens (including phenoxy) is 2. The number of hydrogen-bond acceptors (Lipinski definition) is 3. The Labute approximate surface area is 201 Å². The van der Waals surface area contributed by atoms with Crippen molar-refractivity contribution in [2.24, 2.45) is 0 Å². The van der Waals surface area contributed by atoms with Crippen LogP contribution < -0.4 is 14.8 Å². The summed E-state index contributed by atoms with van der Waals surface area (Å²) in [6.45, 7) is 3.54. The Balaban J connectivity index is 1.37. The van der Waals surface area contributed by atoms with Crippen molar-refractivity contribution in [2.75, 3.05) is 20.8 Å². The summed E-state index contributed by atoms with van der Waals surface area (Å²) < 4.78 is 13.0. The lowest BCUT2D eigenvalue weighted by atomic mass is 10.1. The molecule has 0 atom stereocenters. The fourth-order valence-electron chi connectivity index (χ4n) is 4.36. The van der Waals surface area contributed by atoms with Crippen LogP contribution in [0.3, 0.4) is 0 Å². The molecule has 0 unspecified atom stereocenters. The number of amides is 1. The second kappa shape index (κ2) is 10.9. The molecular weight excluding hydrogens is 424 g/mol. The van der Waals surface area contributed by atoms with E-state index >= 15 is 0 Å². The predicted octanol–water partition coefficient (Wildman–Crippen LogP) is 5.31. The molecule has 0 radical (unpaired) electrons. The molecule has 0 aliphatic heterocycles. The number of carbonyl (C=O) groups is 1. The smallest absolute Gasteiger partial charge is 0.220 e. The van der Waals surface area contributed by atoms with Gasteiger partial charge in [-0.2, -0.15) is 0 Å². The number of methoxy groups -OCH3 is 2. The van der Waals surface area contributed by atoms with Gasteiger partial charge in [0.1, 0.15) is 11.5 Å². The summed E-state index contributed by atoms with van der Waals surface area (Å²) in [6, 6.07) is 22.7. The van der Waals surface area contributed by atoms with Crippen molar-refractivity contribution in [1.29, 1.82) is 0 Å². The molecule has 0 aliphatic rings. The third-order valence-electron chi connectivity index (χ3n) is 6.31. The summed E-state index contributed by atoms with van der Waals surface area (Å²) in [4.78, 5) is 12.6. The molecular formula is C29H32N2O3. The first kappa shape index (κ1) is 23.4. The maximum absolute atomic E-state index is 12.6. The van der Waals surface area contributed by atoms with Crippen LogP contribution in [0, 0.1) is 6.92 Å². The zero-order valence-corrected chi connectivity index (χ0v) is 20.1. The second-order valence-corrected chi connectivity index (χ2v) is 8.50. The van der Waals surface area contributed by atoms with Gasteiger partial charge in [-0.05, 0) is 54.2 Å². The molecule has 4 rings (SSSR count). The van der Waals surface area contributed by atoms with E-state index in [2.05, 4.69) is 71.5 Å². The number of para-hydroxylation sites is 1. The molecule has 0 saturated heterocycles. The van der Waals surface area contributed by atoms with Gasteiger partial charge in [-0.15, -0.1) is 0 Å². The van der Waals surface area contributed by atoms with Crippen LogP contribution in [0.4, 0.5) is 0 Å². The molecule has 0 fully saturated rings. The van der Waals surface area contributed by atoms with Crippen LogP contribution in [0.1, 0.15) is 28.7 Å². The van der Waals surface area contributed by atoms with E-state index in [-0.39, 0.29) is 5.91 Å². The Bertz CT molecular complexity index is 1280. The molecule has 1 aromatic heterocycles. The number of aryl methyl sites for hydroxylation is 2. The van der Waals surface area contributed by atoms with Crippen LogP contribution in [-0.4, -0.2) is 31.2 Å². The molecule has 34 heavy (non-hydrogen) atoms. The number of benzene rings is 3. The van der Waals surface area contributed by atoms with Crippen LogP contribution in [0.25, 0.3) is 10.9 Å². The van der Waals surface area contributed by atoms with Gasteiger partial charge in [0.05, 0.1) is 14.2 Å². The third kappa shape index (κ3) is 5.42. The zero-order valence-electron chi connectivity index (χ0n) is 20.1. The van der Waals surface area contributed by atoms with Crippen molar-refractivity contribution in [3.05, 3.63) is 95.2 Å². The van der Waals surface area contributed by atoms with E-state index in [0.29, 0.717) is 25.8 Å². The van der Waals surface area contributed by atoms with E-state index in [0.717, 1.165) is 23.6 Å². The Hall–Kier alpha value is -3.73. The van der Waals surface area contributed by atoms with E-state index < -0.39 is 0 Å². The molecule has 5 nitrogen and oxygen atoms in total. The molecule has 5 heteroatoms. The largest absolute Gasteiger partial charge is 0.497 e. The highest BCUT2D eigenvalue weighted by molar-refractivity contribution is 5.85. The third-order valence-corrected chi connectivity index (χ3v) is 6.31. The monoisotopic (exact) mass is 456 g/mol. The summed E-state index contributed by atoms with van der Waals surface area (Å²) in [7, 11) is 3.28. The highest BCUT2D eigenvalue weighted by Gasteiger charge is 2.12. The van der Waals surface area contributed by atoms with Crippen LogP contribution >= 0.6 is 0 Å². The number of hydrogen-bond donors (Lipinski definition) is 1. The van der Waals surface area contributed by atoms with Gasteiger partial charge in [0.2, 0.25) is 5.91 Å². The minimum absolute atomic E-state index is 0.0585. The fraction of sp³-hybridized carbons (Fsp3) is 0.276. The summed E-state index contributed by atoms with van der Waals surface area (Å²) in [6.07, 6.45) is 4.07. The Morgan fingerprint density at radius 1 is 0.882 bits per heavy atom. The molecule has 4 aromatic rings. The van der Waals surface area contributed by atoms with E-state index in [1.807, 2.05) is 18.2 Å². The minimum atomic E-state index is 0.0585. The van der Waals surface area contributed by atoms with Crippen molar-refractivity contribution in [3.63, 3.8) is 0 Å². The van der Waals surface area contributed by atoms with Gasteiger partial charge in [0, 0.05) is 42.7 Å². The molecule has 3 aromatic carbocycles. The molecule has 0 aliphatic carbocycles. The highest BCUT2D eigenvalue weighted by Crippen LogP contribution is 2.25. The zero-order chi connectivity index (χ0) is 23.9. The quantitative estimate of drug-likeness (QED) is 0.352. The van der Waals surface area contributed by atoms with Gasteiger partial charge in [-0.25, -0.2) is 0 Å². The van der Waals surface area contributed by atoms with E-state index in [1.54, 1.807) is 14.2 Å². The maximum atomic E-state index is 12.6. The van der Waals surface area contributed by atoms with Gasteiger partial charge >= 0.3 is 0 Å². The first-order valence-corrected chi connectivity index (χ1v) is 11.7. The Kier molecular flexibility index (Phi) is 7.53. The van der Waals surface area contributed by atoms with Crippen molar-refractivity contribution in [3.8, 4) is 11.5 Å². The van der Waals surface area contributed by atoms with Gasteiger partial charge in [-0.3, -0.25) is 4.79 Å². The maximum Gasteiger partial charge on any atom is 0.220 e.